The minimum Gasteiger partial charge on any atom is -0.362 e. The first-order valence-electron chi connectivity index (χ1n) is 5.91. The predicted molar refractivity (Wildman–Crippen MR) is 67.7 cm³/mol. The minimum absolute atomic E-state index is 0.0763. The second-order valence-electron chi connectivity index (χ2n) is 4.60. The molecule has 2 rings (SSSR count). The average Bonchev–Trinajstić information content (AvgIpc) is 2.27. The van der Waals surface area contributed by atoms with Crippen LogP contribution in [-0.4, -0.2) is 35.5 Å². The molecule has 2 aliphatic rings. The number of carbonyl (C=O) groups excluding carboxylic acids is 1. The third kappa shape index (κ3) is 2.70. The number of nitrogens with one attached hydrogen (secondary N) is 2. The third-order valence-electron chi connectivity index (χ3n) is 3.22. The van der Waals surface area contributed by atoms with Crippen LogP contribution in [0.25, 0.3) is 0 Å². The minimum atomic E-state index is -0.177. The van der Waals surface area contributed by atoms with Gasteiger partial charge in [-0.2, -0.15) is 0 Å². The smallest absolute Gasteiger partial charge is 0.244 e. The number of amides is 1. The van der Waals surface area contributed by atoms with E-state index in [4.69, 9.17) is 0 Å². The van der Waals surface area contributed by atoms with E-state index in [1.165, 1.54) is 0 Å². The summed E-state index contributed by atoms with van der Waals surface area (Å²) in [5.41, 5.74) is 0. The molecule has 0 spiro atoms. The molecular weight excluding hydrogens is 222 g/mol. The number of hydrogen-bond acceptors (Lipinski definition) is 3. The van der Waals surface area contributed by atoms with Crippen molar-refractivity contribution in [2.24, 2.45) is 10.9 Å². The highest BCUT2D eigenvalue weighted by atomic mass is 32.2. The van der Waals surface area contributed by atoms with Crippen LogP contribution in [0.5, 0.6) is 0 Å². The van der Waals surface area contributed by atoms with Crippen LogP contribution in [0.3, 0.4) is 0 Å². The monoisotopic (exact) mass is 241 g/mol. The van der Waals surface area contributed by atoms with Crippen molar-refractivity contribution in [1.29, 1.82) is 0 Å². The predicted octanol–water partition coefficient (Wildman–Crippen LogP) is 0.982. The molecule has 0 aliphatic carbocycles. The van der Waals surface area contributed by atoms with Gasteiger partial charge in [-0.1, -0.05) is 18.7 Å². The molecule has 2 saturated heterocycles. The Morgan fingerprint density at radius 1 is 1.44 bits per heavy atom. The lowest BCUT2D eigenvalue weighted by Gasteiger charge is -2.29. The maximum atomic E-state index is 11.6. The molecule has 90 valence electrons. The molecule has 4 nitrogen and oxygen atoms in total. The number of hydrogen-bond donors (Lipinski definition) is 2. The summed E-state index contributed by atoms with van der Waals surface area (Å²) in [6, 6.07) is 0.274. The Hall–Kier alpha value is -0.710. The first kappa shape index (κ1) is 11.8. The van der Waals surface area contributed by atoms with Crippen molar-refractivity contribution in [2.75, 3.05) is 12.3 Å². The van der Waals surface area contributed by atoms with Crippen LogP contribution in [-0.2, 0) is 4.79 Å². The quantitative estimate of drug-likeness (QED) is 0.719. The van der Waals surface area contributed by atoms with Gasteiger partial charge < -0.3 is 10.6 Å². The maximum absolute atomic E-state index is 11.6. The SMILES string of the molecule is CC1CSC(=NC2CCCNC2=O)NC1C. The van der Waals surface area contributed by atoms with Gasteiger partial charge in [0.15, 0.2) is 5.17 Å². The second kappa shape index (κ2) is 5.08. The van der Waals surface area contributed by atoms with Crippen molar-refractivity contribution >= 4 is 22.8 Å². The average molecular weight is 241 g/mol. The van der Waals surface area contributed by atoms with Crippen molar-refractivity contribution < 1.29 is 4.79 Å². The van der Waals surface area contributed by atoms with Crippen LogP contribution >= 0.6 is 11.8 Å². The van der Waals surface area contributed by atoms with Gasteiger partial charge in [0.1, 0.15) is 6.04 Å². The van der Waals surface area contributed by atoms with Crippen molar-refractivity contribution in [3.8, 4) is 0 Å². The Balaban J connectivity index is 1.98. The first-order valence-corrected chi connectivity index (χ1v) is 6.90. The normalized spacial score (nSPS) is 38.0. The fourth-order valence-corrected chi connectivity index (χ4v) is 3.01. The highest BCUT2D eigenvalue weighted by molar-refractivity contribution is 8.13. The summed E-state index contributed by atoms with van der Waals surface area (Å²) in [5, 5.41) is 7.16. The van der Waals surface area contributed by atoms with Gasteiger partial charge in [0.05, 0.1) is 0 Å². The van der Waals surface area contributed by atoms with Crippen LogP contribution in [0.15, 0.2) is 4.99 Å². The van der Waals surface area contributed by atoms with Crippen LogP contribution in [0.2, 0.25) is 0 Å². The molecule has 2 heterocycles. The number of piperidine rings is 1. The van der Waals surface area contributed by atoms with Crippen molar-refractivity contribution in [1.82, 2.24) is 10.6 Å². The van der Waals surface area contributed by atoms with Gasteiger partial charge in [-0.25, -0.2) is 4.99 Å². The summed E-state index contributed by atoms with van der Waals surface area (Å²) < 4.78 is 0. The molecule has 0 radical (unpaired) electrons. The fraction of sp³-hybridized carbons (Fsp3) is 0.818. The summed E-state index contributed by atoms with van der Waals surface area (Å²) in [5.74, 6) is 1.82. The van der Waals surface area contributed by atoms with Crippen LogP contribution in [0, 0.1) is 5.92 Å². The van der Waals surface area contributed by atoms with Gasteiger partial charge in [0, 0.05) is 18.3 Å². The number of rotatable bonds is 1. The Morgan fingerprint density at radius 3 is 2.94 bits per heavy atom. The van der Waals surface area contributed by atoms with Gasteiger partial charge in [-0.05, 0) is 25.7 Å². The van der Waals surface area contributed by atoms with Gasteiger partial charge in [0.25, 0.3) is 0 Å². The fourth-order valence-electron chi connectivity index (χ4n) is 1.83. The van der Waals surface area contributed by atoms with E-state index >= 15 is 0 Å². The molecule has 16 heavy (non-hydrogen) atoms. The molecule has 0 saturated carbocycles. The molecule has 0 aromatic rings. The van der Waals surface area contributed by atoms with E-state index in [1.807, 2.05) is 0 Å². The maximum Gasteiger partial charge on any atom is 0.244 e. The van der Waals surface area contributed by atoms with E-state index in [0.717, 1.165) is 30.3 Å². The topological polar surface area (TPSA) is 53.5 Å². The Kier molecular flexibility index (Phi) is 3.74. The summed E-state index contributed by atoms with van der Waals surface area (Å²) in [7, 11) is 0. The summed E-state index contributed by atoms with van der Waals surface area (Å²) in [4.78, 5) is 16.1. The van der Waals surface area contributed by atoms with E-state index in [0.29, 0.717) is 12.0 Å². The van der Waals surface area contributed by atoms with E-state index in [2.05, 4.69) is 29.5 Å². The van der Waals surface area contributed by atoms with Crippen molar-refractivity contribution in [3.63, 3.8) is 0 Å². The van der Waals surface area contributed by atoms with Gasteiger partial charge in [0.2, 0.25) is 5.91 Å². The molecule has 0 bridgehead atoms. The molecule has 1 amide bonds. The van der Waals surface area contributed by atoms with Crippen molar-refractivity contribution in [3.05, 3.63) is 0 Å². The van der Waals surface area contributed by atoms with E-state index in [1.54, 1.807) is 11.8 Å². The molecule has 0 aromatic heterocycles. The summed E-state index contributed by atoms with van der Waals surface area (Å²) >= 11 is 1.73. The molecule has 2 N–H and O–H groups in total. The van der Waals surface area contributed by atoms with Crippen LogP contribution in [0.4, 0.5) is 0 Å². The summed E-state index contributed by atoms with van der Waals surface area (Å²) in [6.07, 6.45) is 1.91. The van der Waals surface area contributed by atoms with E-state index in [-0.39, 0.29) is 11.9 Å². The Labute approximate surface area is 101 Å². The zero-order chi connectivity index (χ0) is 11.5. The lowest BCUT2D eigenvalue weighted by molar-refractivity contribution is -0.123. The molecule has 3 unspecified atom stereocenters. The lowest BCUT2D eigenvalue weighted by atomic mass is 10.1. The molecule has 3 atom stereocenters. The van der Waals surface area contributed by atoms with Gasteiger partial charge in [-0.3, -0.25) is 4.79 Å². The third-order valence-corrected chi connectivity index (χ3v) is 4.41. The highest BCUT2D eigenvalue weighted by Gasteiger charge is 2.25. The number of nitrogens with zero attached hydrogens (tertiary/aromatic N) is 1. The number of aliphatic imine (C=N–C) groups is 1. The van der Waals surface area contributed by atoms with E-state index in [9.17, 15) is 4.79 Å². The first-order chi connectivity index (χ1) is 7.66. The van der Waals surface area contributed by atoms with Crippen molar-refractivity contribution in [2.45, 2.75) is 38.8 Å². The molecule has 2 aliphatic heterocycles. The Morgan fingerprint density at radius 2 is 2.25 bits per heavy atom. The zero-order valence-corrected chi connectivity index (χ0v) is 10.6. The number of carbonyl (C=O) groups is 1. The van der Waals surface area contributed by atoms with Gasteiger partial charge >= 0.3 is 0 Å². The highest BCUT2D eigenvalue weighted by Crippen LogP contribution is 2.20. The standard InChI is InChI=1S/C11H19N3OS/c1-7-6-16-11(13-8(7)2)14-9-4-3-5-12-10(9)15/h7-9H,3-6H2,1-2H3,(H,12,15)(H,13,14). The van der Waals surface area contributed by atoms with Gasteiger partial charge in [-0.15, -0.1) is 0 Å². The number of amidine groups is 1. The largest absolute Gasteiger partial charge is 0.362 e. The number of thioether (sulfide) groups is 1. The Bertz CT molecular complexity index is 306. The second-order valence-corrected chi connectivity index (χ2v) is 5.61. The molecule has 0 aromatic carbocycles. The lowest BCUT2D eigenvalue weighted by Crippen LogP contribution is -2.44. The van der Waals surface area contributed by atoms with Crippen LogP contribution in [0.1, 0.15) is 26.7 Å². The zero-order valence-electron chi connectivity index (χ0n) is 9.82. The van der Waals surface area contributed by atoms with Crippen LogP contribution < -0.4 is 10.6 Å². The summed E-state index contributed by atoms with van der Waals surface area (Å²) in [6.45, 7) is 5.20. The molecule has 2 fully saturated rings. The molecule has 5 heteroatoms. The van der Waals surface area contributed by atoms with E-state index < -0.39 is 0 Å². The molecular formula is C11H19N3OS.